The van der Waals surface area contributed by atoms with Crippen LogP contribution in [0.5, 0.6) is 0 Å². The van der Waals surface area contributed by atoms with Crippen LogP contribution in [-0.2, 0) is 9.47 Å². The summed E-state index contributed by atoms with van der Waals surface area (Å²) in [5, 5.41) is 0. The Morgan fingerprint density at radius 3 is 2.17 bits per heavy atom. The predicted octanol–water partition coefficient (Wildman–Crippen LogP) is 3.04. The minimum atomic E-state index is 0.778. The highest BCUT2D eigenvalue weighted by Crippen LogP contribution is 2.05. The molecule has 110 valence electrons. The number of hydrogen-bond donors (Lipinski definition) is 0. The smallest absolute Gasteiger partial charge is 0.0594 e. The Bertz CT molecular complexity index is 168. The molecule has 1 heterocycles. The normalized spacial score (nSPS) is 18.3. The largest absolute Gasteiger partial charge is 0.385 e. The van der Waals surface area contributed by atoms with Gasteiger partial charge in [0.25, 0.3) is 0 Å². The van der Waals surface area contributed by atoms with Crippen LogP contribution >= 0.6 is 0 Å². The van der Waals surface area contributed by atoms with Crippen molar-refractivity contribution < 1.29 is 9.47 Å². The van der Waals surface area contributed by atoms with Gasteiger partial charge in [0.05, 0.1) is 13.2 Å². The summed E-state index contributed by atoms with van der Waals surface area (Å²) in [6.45, 7) is 15.2. The summed E-state index contributed by atoms with van der Waals surface area (Å²) in [5.74, 6) is 1.62. The zero-order valence-corrected chi connectivity index (χ0v) is 13.1. The molecule has 3 nitrogen and oxygen atoms in total. The van der Waals surface area contributed by atoms with E-state index in [2.05, 4.69) is 32.6 Å². The van der Waals surface area contributed by atoms with E-state index in [0.717, 1.165) is 44.7 Å². The van der Waals surface area contributed by atoms with Crippen molar-refractivity contribution in [3.8, 4) is 0 Å². The van der Waals surface area contributed by atoms with Crippen molar-refractivity contribution >= 4 is 0 Å². The highest BCUT2D eigenvalue weighted by molar-refractivity contribution is 4.64. The Labute approximate surface area is 114 Å². The first-order valence-electron chi connectivity index (χ1n) is 7.39. The van der Waals surface area contributed by atoms with Gasteiger partial charge in [-0.25, -0.2) is 0 Å². The molecule has 0 aromatic rings. The average Bonchev–Trinajstić information content (AvgIpc) is 2.38. The van der Waals surface area contributed by atoms with Crippen molar-refractivity contribution in [1.29, 1.82) is 0 Å². The van der Waals surface area contributed by atoms with E-state index in [1.807, 2.05) is 0 Å². The van der Waals surface area contributed by atoms with Gasteiger partial charge in [0.1, 0.15) is 0 Å². The van der Waals surface area contributed by atoms with E-state index in [1.165, 1.54) is 19.4 Å². The van der Waals surface area contributed by atoms with Crippen molar-refractivity contribution in [3.63, 3.8) is 0 Å². The fraction of sp³-hybridized carbons (Fsp3) is 1.00. The van der Waals surface area contributed by atoms with Gasteiger partial charge in [-0.15, -0.1) is 0 Å². The lowest BCUT2D eigenvalue weighted by Gasteiger charge is -2.28. The molecule has 1 aliphatic heterocycles. The molecule has 0 aromatic carbocycles. The summed E-state index contributed by atoms with van der Waals surface area (Å²) in [4.78, 5) is 2.50. The molecule has 1 saturated heterocycles. The van der Waals surface area contributed by atoms with Crippen molar-refractivity contribution in [2.24, 2.45) is 11.8 Å². The van der Waals surface area contributed by atoms with Gasteiger partial charge >= 0.3 is 0 Å². The van der Waals surface area contributed by atoms with Crippen LogP contribution in [0, 0.1) is 11.8 Å². The first-order valence-corrected chi connectivity index (χ1v) is 7.39. The van der Waals surface area contributed by atoms with Crippen molar-refractivity contribution in [1.82, 2.24) is 4.90 Å². The van der Waals surface area contributed by atoms with Gasteiger partial charge in [-0.1, -0.05) is 34.1 Å². The van der Waals surface area contributed by atoms with E-state index < -0.39 is 0 Å². The van der Waals surface area contributed by atoms with E-state index in [1.54, 1.807) is 7.11 Å². The molecule has 18 heavy (non-hydrogen) atoms. The van der Waals surface area contributed by atoms with E-state index in [0.29, 0.717) is 0 Å². The maximum atomic E-state index is 5.27. The Hall–Kier alpha value is -0.120. The van der Waals surface area contributed by atoms with Crippen LogP contribution in [0.3, 0.4) is 0 Å². The Morgan fingerprint density at radius 2 is 1.78 bits per heavy atom. The lowest BCUT2D eigenvalue weighted by Crippen LogP contribution is -2.38. The highest BCUT2D eigenvalue weighted by atomic mass is 16.5. The fourth-order valence-corrected chi connectivity index (χ4v) is 1.71. The first-order chi connectivity index (χ1) is 8.60. The third-order valence-corrected chi connectivity index (χ3v) is 3.27. The van der Waals surface area contributed by atoms with Gasteiger partial charge in [0.15, 0.2) is 0 Å². The molecule has 3 heteroatoms. The van der Waals surface area contributed by atoms with E-state index in [9.17, 15) is 0 Å². The number of hydrogen-bond acceptors (Lipinski definition) is 3. The number of rotatable bonds is 6. The lowest BCUT2D eigenvalue weighted by atomic mass is 10.1. The Kier molecular flexibility index (Phi) is 11.9. The van der Waals surface area contributed by atoms with E-state index in [-0.39, 0.29) is 0 Å². The molecule has 0 bridgehead atoms. The number of nitrogens with zero attached hydrogens (tertiary/aromatic N) is 1. The van der Waals surface area contributed by atoms with Crippen LogP contribution in [0.15, 0.2) is 0 Å². The van der Waals surface area contributed by atoms with Gasteiger partial charge in [0, 0.05) is 33.4 Å². The molecule has 1 fully saturated rings. The van der Waals surface area contributed by atoms with Crippen molar-refractivity contribution in [2.75, 3.05) is 46.6 Å². The van der Waals surface area contributed by atoms with Crippen LogP contribution in [0.1, 0.15) is 40.5 Å². The standard InChI is InChI=1S/C9H19NO.C6H14O/c1-3-9(2)8-10-4-6-11-7-5-10;1-6(2)4-5-7-3/h9H,3-8H2,1-2H3;6H,4-5H2,1-3H3. The monoisotopic (exact) mass is 259 g/mol. The minimum absolute atomic E-state index is 0.778. The fourth-order valence-electron chi connectivity index (χ4n) is 1.71. The molecule has 1 rings (SSSR count). The summed E-state index contributed by atoms with van der Waals surface area (Å²) in [7, 11) is 1.74. The second-order valence-corrected chi connectivity index (χ2v) is 5.60. The maximum Gasteiger partial charge on any atom is 0.0594 e. The van der Waals surface area contributed by atoms with Crippen molar-refractivity contribution in [3.05, 3.63) is 0 Å². The number of ether oxygens (including phenoxy) is 2. The minimum Gasteiger partial charge on any atom is -0.385 e. The molecule has 0 radical (unpaired) electrons. The van der Waals surface area contributed by atoms with Gasteiger partial charge in [-0.05, 0) is 18.3 Å². The predicted molar refractivity (Wildman–Crippen MR) is 78.0 cm³/mol. The van der Waals surface area contributed by atoms with Gasteiger partial charge < -0.3 is 9.47 Å². The molecule has 0 aliphatic carbocycles. The topological polar surface area (TPSA) is 21.7 Å². The molecule has 1 atom stereocenters. The molecular weight excluding hydrogens is 226 g/mol. The Morgan fingerprint density at radius 1 is 1.17 bits per heavy atom. The van der Waals surface area contributed by atoms with Crippen LogP contribution in [-0.4, -0.2) is 51.5 Å². The Balaban J connectivity index is 0.000000360. The lowest BCUT2D eigenvalue weighted by molar-refractivity contribution is 0.0316. The SMILES string of the molecule is CCC(C)CN1CCOCC1.COCCC(C)C. The van der Waals surface area contributed by atoms with Crippen LogP contribution < -0.4 is 0 Å². The van der Waals surface area contributed by atoms with Crippen LogP contribution in [0.4, 0.5) is 0 Å². The number of methoxy groups -OCH3 is 1. The number of morpholine rings is 1. The summed E-state index contributed by atoms with van der Waals surface area (Å²) in [6.07, 6.45) is 2.47. The maximum absolute atomic E-state index is 5.27. The highest BCUT2D eigenvalue weighted by Gasteiger charge is 2.11. The molecule has 0 saturated carbocycles. The molecule has 0 amide bonds. The molecule has 1 unspecified atom stereocenters. The van der Waals surface area contributed by atoms with Gasteiger partial charge in [-0.3, -0.25) is 4.90 Å². The summed E-state index contributed by atoms with van der Waals surface area (Å²) in [5.41, 5.74) is 0. The second-order valence-electron chi connectivity index (χ2n) is 5.60. The average molecular weight is 259 g/mol. The van der Waals surface area contributed by atoms with Gasteiger partial charge in [0.2, 0.25) is 0 Å². The molecule has 0 spiro atoms. The summed E-state index contributed by atoms with van der Waals surface area (Å²) in [6, 6.07) is 0. The molecule has 0 aromatic heterocycles. The summed E-state index contributed by atoms with van der Waals surface area (Å²) >= 11 is 0. The summed E-state index contributed by atoms with van der Waals surface area (Å²) < 4.78 is 10.1. The van der Waals surface area contributed by atoms with E-state index >= 15 is 0 Å². The molecular formula is C15H33NO2. The third-order valence-electron chi connectivity index (χ3n) is 3.27. The van der Waals surface area contributed by atoms with E-state index in [4.69, 9.17) is 9.47 Å². The van der Waals surface area contributed by atoms with Crippen LogP contribution in [0.2, 0.25) is 0 Å². The first kappa shape index (κ1) is 17.9. The zero-order chi connectivity index (χ0) is 13.8. The second kappa shape index (κ2) is 11.9. The molecule has 0 N–H and O–H groups in total. The van der Waals surface area contributed by atoms with Crippen molar-refractivity contribution in [2.45, 2.75) is 40.5 Å². The van der Waals surface area contributed by atoms with Crippen LogP contribution in [0.25, 0.3) is 0 Å². The third kappa shape index (κ3) is 11.0. The quantitative estimate of drug-likeness (QED) is 0.732. The zero-order valence-electron chi connectivity index (χ0n) is 13.1. The van der Waals surface area contributed by atoms with Gasteiger partial charge in [-0.2, -0.15) is 0 Å². The molecule has 1 aliphatic rings.